The third-order valence-electron chi connectivity index (χ3n) is 1.74. The minimum Gasteiger partial charge on any atom is -0.491 e. The van der Waals surface area contributed by atoms with Crippen LogP contribution in [0.5, 0.6) is 5.75 Å². The van der Waals surface area contributed by atoms with E-state index in [0.29, 0.717) is 12.2 Å². The van der Waals surface area contributed by atoms with Crippen LogP contribution in [0.3, 0.4) is 0 Å². The van der Waals surface area contributed by atoms with E-state index in [1.54, 1.807) is 13.0 Å². The molecule has 0 aliphatic rings. The highest BCUT2D eigenvalue weighted by Gasteiger charge is 2.04. The van der Waals surface area contributed by atoms with Gasteiger partial charge in [0.1, 0.15) is 0 Å². The van der Waals surface area contributed by atoms with E-state index in [-0.39, 0.29) is 12.3 Å². The van der Waals surface area contributed by atoms with Crippen LogP contribution in [0.15, 0.2) is 18.2 Å². The molecule has 15 heavy (non-hydrogen) atoms. The van der Waals surface area contributed by atoms with Crippen molar-refractivity contribution in [2.45, 2.75) is 13.5 Å². The molecule has 0 radical (unpaired) electrons. The van der Waals surface area contributed by atoms with Crippen molar-refractivity contribution < 1.29 is 19.0 Å². The smallest absolute Gasteiger partial charge is 0.404 e. The van der Waals surface area contributed by atoms with Gasteiger partial charge in [-0.3, -0.25) is 0 Å². The molecule has 2 N–H and O–H groups in total. The van der Waals surface area contributed by atoms with Gasteiger partial charge in [0.2, 0.25) is 0 Å². The van der Waals surface area contributed by atoms with Crippen LogP contribution in [0.25, 0.3) is 0 Å². The minimum absolute atomic E-state index is 0.0820. The summed E-state index contributed by atoms with van der Waals surface area (Å²) in [4.78, 5) is 10.2. The highest BCUT2D eigenvalue weighted by atomic mass is 19.1. The van der Waals surface area contributed by atoms with E-state index >= 15 is 0 Å². The van der Waals surface area contributed by atoms with Crippen molar-refractivity contribution in [1.29, 1.82) is 0 Å². The average Bonchev–Trinajstić information content (AvgIpc) is 2.19. The van der Waals surface area contributed by atoms with E-state index in [2.05, 4.69) is 5.32 Å². The number of carbonyl (C=O) groups is 1. The van der Waals surface area contributed by atoms with Crippen LogP contribution in [0.2, 0.25) is 0 Å². The lowest BCUT2D eigenvalue weighted by Crippen LogP contribution is -2.19. The average molecular weight is 213 g/mol. The van der Waals surface area contributed by atoms with Crippen molar-refractivity contribution in [2.75, 3.05) is 6.61 Å². The van der Waals surface area contributed by atoms with E-state index in [0.717, 1.165) is 0 Å². The number of carboxylic acid groups (broad SMARTS) is 1. The van der Waals surface area contributed by atoms with Crippen LogP contribution >= 0.6 is 0 Å². The molecule has 4 nitrogen and oxygen atoms in total. The van der Waals surface area contributed by atoms with Gasteiger partial charge in [0.15, 0.2) is 11.6 Å². The molecule has 0 heterocycles. The van der Waals surface area contributed by atoms with Gasteiger partial charge < -0.3 is 15.2 Å². The summed E-state index contributed by atoms with van der Waals surface area (Å²) in [6, 6.07) is 4.35. The summed E-state index contributed by atoms with van der Waals surface area (Å²) in [6.45, 7) is 2.24. The zero-order valence-corrected chi connectivity index (χ0v) is 8.29. The van der Waals surface area contributed by atoms with Crippen LogP contribution in [0, 0.1) is 5.82 Å². The van der Waals surface area contributed by atoms with Gasteiger partial charge in [-0.1, -0.05) is 6.07 Å². The summed E-state index contributed by atoms with van der Waals surface area (Å²) in [6.07, 6.45) is -1.13. The number of hydrogen-bond acceptors (Lipinski definition) is 2. The predicted octanol–water partition coefficient (Wildman–Crippen LogP) is 1.99. The second-order valence-electron chi connectivity index (χ2n) is 2.86. The van der Waals surface area contributed by atoms with E-state index in [1.807, 2.05) is 0 Å². The van der Waals surface area contributed by atoms with Gasteiger partial charge in [0, 0.05) is 6.54 Å². The van der Waals surface area contributed by atoms with Gasteiger partial charge in [0.25, 0.3) is 0 Å². The standard InChI is InChI=1S/C10H12FNO3/c1-2-15-9-4-3-7(5-8(9)11)6-12-10(13)14/h3-5,12H,2,6H2,1H3,(H,13,14). The van der Waals surface area contributed by atoms with Gasteiger partial charge in [0.05, 0.1) is 6.61 Å². The van der Waals surface area contributed by atoms with Crippen LogP contribution in [0.1, 0.15) is 12.5 Å². The molecule has 0 atom stereocenters. The molecule has 0 unspecified atom stereocenters. The zero-order chi connectivity index (χ0) is 11.3. The molecule has 1 aromatic carbocycles. The van der Waals surface area contributed by atoms with Crippen molar-refractivity contribution >= 4 is 6.09 Å². The number of rotatable bonds is 4. The monoisotopic (exact) mass is 213 g/mol. The largest absolute Gasteiger partial charge is 0.491 e. The first-order valence-electron chi connectivity index (χ1n) is 4.51. The number of hydrogen-bond donors (Lipinski definition) is 2. The fourth-order valence-corrected chi connectivity index (χ4v) is 1.10. The van der Waals surface area contributed by atoms with Crippen molar-refractivity contribution in [3.8, 4) is 5.75 Å². The lowest BCUT2D eigenvalue weighted by atomic mass is 10.2. The molecule has 0 aliphatic carbocycles. The molecule has 1 rings (SSSR count). The molecule has 0 bridgehead atoms. The second kappa shape index (κ2) is 5.19. The predicted molar refractivity (Wildman–Crippen MR) is 52.4 cm³/mol. The maximum absolute atomic E-state index is 13.3. The van der Waals surface area contributed by atoms with E-state index in [1.165, 1.54) is 12.1 Å². The SMILES string of the molecule is CCOc1ccc(CNC(=O)O)cc1F. The highest BCUT2D eigenvalue weighted by Crippen LogP contribution is 2.18. The van der Waals surface area contributed by atoms with Crippen molar-refractivity contribution in [3.63, 3.8) is 0 Å². The minimum atomic E-state index is -1.13. The molecule has 0 fully saturated rings. The van der Waals surface area contributed by atoms with Gasteiger partial charge >= 0.3 is 6.09 Å². The Morgan fingerprint density at radius 3 is 2.87 bits per heavy atom. The van der Waals surface area contributed by atoms with Crippen LogP contribution in [-0.4, -0.2) is 17.8 Å². The molecular formula is C10H12FNO3. The zero-order valence-electron chi connectivity index (χ0n) is 8.29. The van der Waals surface area contributed by atoms with E-state index in [9.17, 15) is 9.18 Å². The van der Waals surface area contributed by atoms with Crippen molar-refractivity contribution in [2.24, 2.45) is 0 Å². The van der Waals surface area contributed by atoms with E-state index < -0.39 is 11.9 Å². The van der Waals surface area contributed by atoms with E-state index in [4.69, 9.17) is 9.84 Å². The maximum atomic E-state index is 13.3. The van der Waals surface area contributed by atoms with Gasteiger partial charge in [-0.2, -0.15) is 0 Å². The Labute approximate surface area is 86.7 Å². The molecule has 0 spiro atoms. The molecular weight excluding hydrogens is 201 g/mol. The molecule has 5 heteroatoms. The fraction of sp³-hybridized carbons (Fsp3) is 0.300. The fourth-order valence-electron chi connectivity index (χ4n) is 1.10. The van der Waals surface area contributed by atoms with Crippen LogP contribution in [-0.2, 0) is 6.54 Å². The third kappa shape index (κ3) is 3.46. The Hall–Kier alpha value is -1.78. The van der Waals surface area contributed by atoms with Gasteiger partial charge in [-0.05, 0) is 24.6 Å². The summed E-state index contributed by atoms with van der Waals surface area (Å²) in [7, 11) is 0. The molecule has 1 aromatic rings. The summed E-state index contributed by atoms with van der Waals surface area (Å²) in [5.41, 5.74) is 0.554. The molecule has 0 saturated carbocycles. The van der Waals surface area contributed by atoms with Crippen LogP contribution in [0.4, 0.5) is 9.18 Å². The quantitative estimate of drug-likeness (QED) is 0.804. The number of amides is 1. The number of nitrogens with one attached hydrogen (secondary N) is 1. The maximum Gasteiger partial charge on any atom is 0.404 e. The highest BCUT2D eigenvalue weighted by molar-refractivity contribution is 5.64. The molecule has 0 aromatic heterocycles. The summed E-state index contributed by atoms with van der Waals surface area (Å²) in [5, 5.41) is 10.5. The number of benzene rings is 1. The lowest BCUT2D eigenvalue weighted by Gasteiger charge is -2.06. The Morgan fingerprint density at radius 1 is 1.60 bits per heavy atom. The first kappa shape index (κ1) is 11.3. The summed E-state index contributed by atoms with van der Waals surface area (Å²) in [5.74, 6) is -0.307. The first-order valence-corrected chi connectivity index (χ1v) is 4.51. The summed E-state index contributed by atoms with van der Waals surface area (Å²) >= 11 is 0. The Bertz CT molecular complexity index is 355. The lowest BCUT2D eigenvalue weighted by molar-refractivity contribution is 0.194. The normalized spacial score (nSPS) is 9.73. The van der Waals surface area contributed by atoms with Crippen LogP contribution < -0.4 is 10.1 Å². The Kier molecular flexibility index (Phi) is 3.91. The summed E-state index contributed by atoms with van der Waals surface area (Å²) < 4.78 is 18.3. The number of halogens is 1. The Balaban J connectivity index is 2.68. The van der Waals surface area contributed by atoms with Gasteiger partial charge in [-0.25, -0.2) is 9.18 Å². The molecule has 0 saturated heterocycles. The van der Waals surface area contributed by atoms with Gasteiger partial charge in [-0.15, -0.1) is 0 Å². The molecule has 82 valence electrons. The third-order valence-corrected chi connectivity index (χ3v) is 1.74. The number of ether oxygens (including phenoxy) is 1. The topological polar surface area (TPSA) is 58.6 Å². The second-order valence-corrected chi connectivity index (χ2v) is 2.86. The molecule has 1 amide bonds. The Morgan fingerprint density at radius 2 is 2.33 bits per heavy atom. The molecule has 0 aliphatic heterocycles. The van der Waals surface area contributed by atoms with Crippen molar-refractivity contribution in [3.05, 3.63) is 29.6 Å². The van der Waals surface area contributed by atoms with Crippen molar-refractivity contribution in [1.82, 2.24) is 5.32 Å². The first-order chi connectivity index (χ1) is 7.13.